The highest BCUT2D eigenvalue weighted by Crippen LogP contribution is 2.10. The van der Waals surface area contributed by atoms with E-state index in [1.54, 1.807) is 29.6 Å². The van der Waals surface area contributed by atoms with Gasteiger partial charge in [-0.15, -0.1) is 11.3 Å². The average molecular weight is 319 g/mol. The van der Waals surface area contributed by atoms with Gasteiger partial charge in [0, 0.05) is 0 Å². The molecular formula is C15H13NO3S2. The molecule has 0 unspecified atom stereocenters. The Kier molecular flexibility index (Phi) is 4.91. The second-order valence-electron chi connectivity index (χ2n) is 4.25. The molecule has 21 heavy (non-hydrogen) atoms. The van der Waals surface area contributed by atoms with E-state index in [1.807, 2.05) is 6.92 Å². The Morgan fingerprint density at radius 2 is 1.95 bits per heavy atom. The van der Waals surface area contributed by atoms with E-state index in [2.05, 4.69) is 16.6 Å². The number of ketones is 1. The summed E-state index contributed by atoms with van der Waals surface area (Å²) in [7, 11) is -3.59. The maximum atomic E-state index is 12.0. The number of aryl methyl sites for hydroxylation is 1. The number of benzene rings is 1. The van der Waals surface area contributed by atoms with Crippen molar-refractivity contribution in [3.8, 4) is 11.8 Å². The summed E-state index contributed by atoms with van der Waals surface area (Å²) in [6, 6.07) is 9.95. The van der Waals surface area contributed by atoms with Crippen LogP contribution in [0, 0.1) is 18.8 Å². The molecule has 1 aromatic carbocycles. The van der Waals surface area contributed by atoms with E-state index in [0.29, 0.717) is 4.88 Å². The molecule has 108 valence electrons. The van der Waals surface area contributed by atoms with Crippen LogP contribution in [0.3, 0.4) is 0 Å². The number of carbonyl (C=O) groups excluding carboxylic acids is 1. The zero-order chi connectivity index (χ0) is 15.3. The van der Waals surface area contributed by atoms with Crippen molar-refractivity contribution < 1.29 is 13.2 Å². The van der Waals surface area contributed by atoms with Crippen molar-refractivity contribution >= 4 is 27.1 Å². The molecule has 1 heterocycles. The molecule has 0 aliphatic carbocycles. The van der Waals surface area contributed by atoms with Gasteiger partial charge >= 0.3 is 0 Å². The zero-order valence-electron chi connectivity index (χ0n) is 11.3. The van der Waals surface area contributed by atoms with Crippen LogP contribution in [-0.2, 0) is 10.0 Å². The van der Waals surface area contributed by atoms with Gasteiger partial charge in [0.05, 0.1) is 16.3 Å². The van der Waals surface area contributed by atoms with Gasteiger partial charge in [-0.25, -0.2) is 8.42 Å². The summed E-state index contributed by atoms with van der Waals surface area (Å²) in [4.78, 5) is 12.3. The lowest BCUT2D eigenvalue weighted by Crippen LogP contribution is -2.24. The number of sulfonamides is 1. The third-order valence-electron chi connectivity index (χ3n) is 2.63. The molecule has 0 saturated heterocycles. The largest absolute Gasteiger partial charge is 0.278 e. The van der Waals surface area contributed by atoms with E-state index in [4.69, 9.17) is 0 Å². The van der Waals surface area contributed by atoms with Crippen molar-refractivity contribution in [3.63, 3.8) is 0 Å². The highest BCUT2D eigenvalue weighted by molar-refractivity contribution is 7.89. The van der Waals surface area contributed by atoms with Crippen LogP contribution < -0.4 is 4.72 Å². The Morgan fingerprint density at radius 3 is 2.57 bits per heavy atom. The maximum absolute atomic E-state index is 12.0. The maximum Gasteiger partial charge on any atom is 0.245 e. The van der Waals surface area contributed by atoms with E-state index < -0.39 is 10.0 Å². The van der Waals surface area contributed by atoms with E-state index in [0.717, 1.165) is 5.56 Å². The summed E-state index contributed by atoms with van der Waals surface area (Å²) < 4.78 is 26.3. The predicted molar refractivity (Wildman–Crippen MR) is 82.8 cm³/mol. The molecule has 1 aromatic heterocycles. The third kappa shape index (κ3) is 4.26. The standard InChI is InChI=1S/C15H13NO3S2/c1-12-6-8-13(9-7-12)21(18,19)16-10-2-4-14(17)15-5-3-11-20-15/h3,5-9,11,16H,10H2,1H3. The van der Waals surface area contributed by atoms with E-state index in [1.165, 1.54) is 23.5 Å². The normalized spacial score (nSPS) is 10.7. The molecule has 2 rings (SSSR count). The Labute approximate surface area is 127 Å². The van der Waals surface area contributed by atoms with Gasteiger partial charge in [-0.3, -0.25) is 4.79 Å². The van der Waals surface area contributed by atoms with Crippen LogP contribution in [0.25, 0.3) is 0 Å². The van der Waals surface area contributed by atoms with Gasteiger partial charge in [0.2, 0.25) is 15.8 Å². The van der Waals surface area contributed by atoms with Crippen LogP contribution in [-0.4, -0.2) is 20.7 Å². The minimum Gasteiger partial charge on any atom is -0.278 e. The van der Waals surface area contributed by atoms with Gasteiger partial charge in [-0.05, 0) is 36.4 Å². The number of rotatable bonds is 4. The van der Waals surface area contributed by atoms with E-state index in [9.17, 15) is 13.2 Å². The quantitative estimate of drug-likeness (QED) is 0.534. The van der Waals surface area contributed by atoms with Crippen LogP contribution in [0.4, 0.5) is 0 Å². The van der Waals surface area contributed by atoms with Crippen molar-refractivity contribution in [1.29, 1.82) is 0 Å². The van der Waals surface area contributed by atoms with Gasteiger partial charge in [0.25, 0.3) is 0 Å². The average Bonchev–Trinajstić information content (AvgIpc) is 2.98. The summed E-state index contributed by atoms with van der Waals surface area (Å²) in [5, 5.41) is 1.79. The third-order valence-corrected chi connectivity index (χ3v) is 4.91. The second-order valence-corrected chi connectivity index (χ2v) is 6.96. The highest BCUT2D eigenvalue weighted by Gasteiger charge is 2.11. The lowest BCUT2D eigenvalue weighted by Gasteiger charge is -2.03. The molecule has 0 amide bonds. The monoisotopic (exact) mass is 319 g/mol. The lowest BCUT2D eigenvalue weighted by molar-refractivity contribution is 0.106. The van der Waals surface area contributed by atoms with Crippen LogP contribution in [0.5, 0.6) is 0 Å². The topological polar surface area (TPSA) is 63.2 Å². The summed E-state index contributed by atoms with van der Waals surface area (Å²) in [6.07, 6.45) is 0. The first kappa shape index (κ1) is 15.4. The molecule has 0 fully saturated rings. The van der Waals surface area contributed by atoms with Crippen molar-refractivity contribution in [2.24, 2.45) is 0 Å². The second kappa shape index (κ2) is 6.68. The van der Waals surface area contributed by atoms with Crippen molar-refractivity contribution in [1.82, 2.24) is 4.72 Å². The van der Waals surface area contributed by atoms with Crippen LogP contribution in [0.1, 0.15) is 15.2 Å². The number of nitrogens with one attached hydrogen (secondary N) is 1. The molecule has 0 aliphatic heterocycles. The minimum atomic E-state index is -3.59. The lowest BCUT2D eigenvalue weighted by atomic mass is 10.2. The SMILES string of the molecule is Cc1ccc(S(=O)(=O)NCC#CC(=O)c2cccs2)cc1. The number of hydrogen-bond acceptors (Lipinski definition) is 4. The Morgan fingerprint density at radius 1 is 1.24 bits per heavy atom. The molecule has 2 aromatic rings. The number of Topliss-reactive ketones (excluding diaryl/α,β-unsaturated/α-hetero) is 1. The van der Waals surface area contributed by atoms with Crippen molar-refractivity contribution in [3.05, 3.63) is 52.2 Å². The van der Waals surface area contributed by atoms with Crippen molar-refractivity contribution in [2.45, 2.75) is 11.8 Å². The molecule has 0 radical (unpaired) electrons. The molecule has 6 heteroatoms. The van der Waals surface area contributed by atoms with Crippen LogP contribution in [0.2, 0.25) is 0 Å². The highest BCUT2D eigenvalue weighted by atomic mass is 32.2. The Balaban J connectivity index is 1.97. The summed E-state index contributed by atoms with van der Waals surface area (Å²) >= 11 is 1.30. The summed E-state index contributed by atoms with van der Waals surface area (Å²) in [5.74, 6) is 4.63. The van der Waals surface area contributed by atoms with Crippen molar-refractivity contribution in [2.75, 3.05) is 6.54 Å². The molecule has 0 spiro atoms. The van der Waals surface area contributed by atoms with E-state index in [-0.39, 0.29) is 17.2 Å². The number of hydrogen-bond donors (Lipinski definition) is 1. The molecular weight excluding hydrogens is 306 g/mol. The van der Waals surface area contributed by atoms with Gasteiger partial charge in [-0.2, -0.15) is 4.72 Å². The fourth-order valence-corrected chi connectivity index (χ4v) is 3.07. The molecule has 0 saturated carbocycles. The molecule has 1 N–H and O–H groups in total. The van der Waals surface area contributed by atoms with Gasteiger partial charge in [0.1, 0.15) is 0 Å². The minimum absolute atomic E-state index is 0.104. The first-order chi connectivity index (χ1) is 9.99. The smallest absolute Gasteiger partial charge is 0.245 e. The summed E-state index contributed by atoms with van der Waals surface area (Å²) in [6.45, 7) is 1.78. The molecule has 0 atom stereocenters. The fourth-order valence-electron chi connectivity index (χ4n) is 1.53. The van der Waals surface area contributed by atoms with Gasteiger partial charge < -0.3 is 0 Å². The van der Waals surface area contributed by atoms with E-state index >= 15 is 0 Å². The predicted octanol–water partition coefficient (Wildman–Crippen LogP) is 2.22. The number of carbonyl (C=O) groups is 1. The fraction of sp³-hybridized carbons (Fsp3) is 0.133. The number of thiophene rings is 1. The molecule has 0 aliphatic rings. The van der Waals surface area contributed by atoms with Gasteiger partial charge in [0.15, 0.2) is 0 Å². The first-order valence-electron chi connectivity index (χ1n) is 6.12. The molecule has 0 bridgehead atoms. The van der Waals surface area contributed by atoms with Crippen LogP contribution in [0.15, 0.2) is 46.7 Å². The first-order valence-corrected chi connectivity index (χ1v) is 8.48. The molecule has 4 nitrogen and oxygen atoms in total. The Bertz CT molecular complexity index is 780. The Hall–Kier alpha value is -1.94. The van der Waals surface area contributed by atoms with Crippen LogP contribution >= 0.6 is 11.3 Å². The van der Waals surface area contributed by atoms with Gasteiger partial charge in [-0.1, -0.05) is 29.7 Å². The zero-order valence-corrected chi connectivity index (χ0v) is 12.9. The summed E-state index contributed by atoms with van der Waals surface area (Å²) in [5.41, 5.74) is 0.982.